The molecule has 2 aromatic rings. The summed E-state index contributed by atoms with van der Waals surface area (Å²) in [6.07, 6.45) is 4.17. The minimum absolute atomic E-state index is 0.254. The maximum Gasteiger partial charge on any atom is 0.120 e. The highest BCUT2D eigenvalue weighted by Gasteiger charge is 2.09. The number of unbranched alkanes of at least 4 members (excludes halogenated alkanes) is 1. The highest BCUT2D eigenvalue weighted by Crippen LogP contribution is 2.15. The molecule has 0 amide bonds. The fourth-order valence-electron chi connectivity index (χ4n) is 2.41. The van der Waals surface area contributed by atoms with E-state index in [-0.39, 0.29) is 6.04 Å². The first-order valence-electron chi connectivity index (χ1n) is 7.88. The first-order valence-corrected chi connectivity index (χ1v) is 7.88. The first-order chi connectivity index (χ1) is 10.3. The Morgan fingerprint density at radius 1 is 1.10 bits per heavy atom. The predicted octanol–water partition coefficient (Wildman–Crippen LogP) is 4.24. The van der Waals surface area contributed by atoms with Gasteiger partial charge in [0.05, 0.1) is 12.3 Å². The molecule has 0 radical (unpaired) electrons. The van der Waals surface area contributed by atoms with Crippen LogP contribution in [-0.4, -0.2) is 19.6 Å². The van der Waals surface area contributed by atoms with Gasteiger partial charge in [-0.3, -0.25) is 0 Å². The van der Waals surface area contributed by atoms with Crippen LogP contribution in [0.25, 0.3) is 0 Å². The minimum Gasteiger partial charge on any atom is -0.468 e. The monoisotopic (exact) mass is 286 g/mol. The molecule has 1 atom stereocenters. The van der Waals surface area contributed by atoms with Gasteiger partial charge in [-0.05, 0) is 37.6 Å². The molecule has 0 bridgehead atoms. The van der Waals surface area contributed by atoms with E-state index in [2.05, 4.69) is 54.4 Å². The van der Waals surface area contributed by atoms with E-state index in [0.717, 1.165) is 25.4 Å². The Labute approximate surface area is 128 Å². The molecule has 0 aliphatic rings. The molecule has 3 nitrogen and oxygen atoms in total. The normalized spacial score (nSPS) is 12.3. The zero-order valence-electron chi connectivity index (χ0n) is 13.1. The Kier molecular flexibility index (Phi) is 6.35. The summed E-state index contributed by atoms with van der Waals surface area (Å²) in [4.78, 5) is 2.45. The first kappa shape index (κ1) is 15.6. The van der Waals surface area contributed by atoms with Crippen LogP contribution >= 0.6 is 0 Å². The SMILES string of the molecule is CCCCN(CCNC(C)c1ccco1)c1ccccc1. The van der Waals surface area contributed by atoms with Crippen molar-refractivity contribution in [2.45, 2.75) is 32.7 Å². The zero-order chi connectivity index (χ0) is 14.9. The summed E-state index contributed by atoms with van der Waals surface area (Å²) in [5.74, 6) is 0.995. The van der Waals surface area contributed by atoms with Gasteiger partial charge in [0.15, 0.2) is 0 Å². The van der Waals surface area contributed by atoms with Crippen molar-refractivity contribution in [1.29, 1.82) is 0 Å². The van der Waals surface area contributed by atoms with Gasteiger partial charge in [-0.2, -0.15) is 0 Å². The summed E-state index contributed by atoms with van der Waals surface area (Å²) in [5, 5.41) is 3.53. The number of benzene rings is 1. The lowest BCUT2D eigenvalue weighted by Crippen LogP contribution is -2.33. The summed E-state index contributed by atoms with van der Waals surface area (Å²) in [6, 6.07) is 14.9. The molecular formula is C18H26N2O. The largest absolute Gasteiger partial charge is 0.468 e. The summed E-state index contributed by atoms with van der Waals surface area (Å²) >= 11 is 0. The van der Waals surface area contributed by atoms with Crippen LogP contribution in [0.2, 0.25) is 0 Å². The quantitative estimate of drug-likeness (QED) is 0.747. The molecule has 1 heterocycles. The van der Waals surface area contributed by atoms with Crippen molar-refractivity contribution in [2.75, 3.05) is 24.5 Å². The lowest BCUT2D eigenvalue weighted by molar-refractivity contribution is 0.432. The maximum atomic E-state index is 5.43. The van der Waals surface area contributed by atoms with Crippen molar-refractivity contribution in [3.63, 3.8) is 0 Å². The topological polar surface area (TPSA) is 28.4 Å². The molecule has 1 aromatic carbocycles. The van der Waals surface area contributed by atoms with Crippen molar-refractivity contribution in [1.82, 2.24) is 5.32 Å². The second kappa shape index (κ2) is 8.53. The third kappa shape index (κ3) is 4.94. The van der Waals surface area contributed by atoms with Crippen molar-refractivity contribution in [3.05, 3.63) is 54.5 Å². The van der Waals surface area contributed by atoms with Crippen molar-refractivity contribution < 1.29 is 4.42 Å². The molecule has 2 rings (SSSR count). The number of nitrogens with one attached hydrogen (secondary N) is 1. The summed E-state index contributed by atoms with van der Waals surface area (Å²) < 4.78 is 5.43. The lowest BCUT2D eigenvalue weighted by Gasteiger charge is -2.25. The number of rotatable bonds is 9. The molecule has 0 saturated heterocycles. The van der Waals surface area contributed by atoms with Gasteiger partial charge in [-0.1, -0.05) is 31.5 Å². The summed E-state index contributed by atoms with van der Waals surface area (Å²) in [7, 11) is 0. The zero-order valence-corrected chi connectivity index (χ0v) is 13.1. The summed E-state index contributed by atoms with van der Waals surface area (Å²) in [5.41, 5.74) is 1.30. The highest BCUT2D eigenvalue weighted by molar-refractivity contribution is 5.45. The van der Waals surface area contributed by atoms with Gasteiger partial charge in [-0.25, -0.2) is 0 Å². The van der Waals surface area contributed by atoms with Crippen molar-refractivity contribution in [3.8, 4) is 0 Å². The van der Waals surface area contributed by atoms with Crippen LogP contribution in [-0.2, 0) is 0 Å². The number of hydrogen-bond donors (Lipinski definition) is 1. The number of hydrogen-bond acceptors (Lipinski definition) is 3. The van der Waals surface area contributed by atoms with Crippen LogP contribution < -0.4 is 10.2 Å². The molecule has 1 N–H and O–H groups in total. The molecule has 114 valence electrons. The standard InChI is InChI=1S/C18H26N2O/c1-3-4-13-20(17-9-6-5-7-10-17)14-12-19-16(2)18-11-8-15-21-18/h5-11,15-16,19H,3-4,12-14H2,1-2H3. The summed E-state index contributed by atoms with van der Waals surface area (Å²) in [6.45, 7) is 7.44. The van der Waals surface area contributed by atoms with Crippen LogP contribution in [0.15, 0.2) is 53.1 Å². The van der Waals surface area contributed by atoms with Gasteiger partial charge in [0, 0.05) is 25.3 Å². The third-order valence-corrected chi connectivity index (χ3v) is 3.71. The Morgan fingerprint density at radius 2 is 1.90 bits per heavy atom. The number of nitrogens with zero attached hydrogens (tertiary/aromatic N) is 1. The Hall–Kier alpha value is -1.74. The van der Waals surface area contributed by atoms with Gasteiger partial charge in [0.25, 0.3) is 0 Å². The van der Waals surface area contributed by atoms with Gasteiger partial charge < -0.3 is 14.6 Å². The molecule has 1 unspecified atom stereocenters. The number of para-hydroxylation sites is 1. The van der Waals surface area contributed by atoms with E-state index in [0.29, 0.717) is 0 Å². The average molecular weight is 286 g/mol. The van der Waals surface area contributed by atoms with Crippen LogP contribution in [0.1, 0.15) is 38.5 Å². The average Bonchev–Trinajstić information content (AvgIpc) is 3.06. The van der Waals surface area contributed by atoms with Crippen LogP contribution in [0.4, 0.5) is 5.69 Å². The van der Waals surface area contributed by atoms with Crippen LogP contribution in [0.3, 0.4) is 0 Å². The second-order valence-electron chi connectivity index (χ2n) is 5.37. The Balaban J connectivity index is 1.84. The minimum atomic E-state index is 0.254. The van der Waals surface area contributed by atoms with E-state index in [4.69, 9.17) is 4.42 Å². The molecule has 0 fully saturated rings. The Bertz CT molecular complexity index is 481. The molecule has 0 spiro atoms. The van der Waals surface area contributed by atoms with Gasteiger partial charge >= 0.3 is 0 Å². The van der Waals surface area contributed by atoms with Gasteiger partial charge in [0.1, 0.15) is 5.76 Å². The molecule has 0 aliphatic carbocycles. The lowest BCUT2D eigenvalue weighted by atomic mass is 10.2. The van der Waals surface area contributed by atoms with E-state index in [1.807, 2.05) is 12.1 Å². The van der Waals surface area contributed by atoms with E-state index < -0.39 is 0 Å². The van der Waals surface area contributed by atoms with Gasteiger partial charge in [0.2, 0.25) is 0 Å². The van der Waals surface area contributed by atoms with Crippen molar-refractivity contribution in [2.24, 2.45) is 0 Å². The van der Waals surface area contributed by atoms with Crippen LogP contribution in [0.5, 0.6) is 0 Å². The predicted molar refractivity (Wildman–Crippen MR) is 88.7 cm³/mol. The number of anilines is 1. The Morgan fingerprint density at radius 3 is 2.57 bits per heavy atom. The van der Waals surface area contributed by atoms with E-state index in [1.54, 1.807) is 6.26 Å². The molecule has 0 aliphatic heterocycles. The molecule has 21 heavy (non-hydrogen) atoms. The van der Waals surface area contributed by atoms with Gasteiger partial charge in [-0.15, -0.1) is 0 Å². The molecule has 1 aromatic heterocycles. The fraction of sp³-hybridized carbons (Fsp3) is 0.444. The molecule has 3 heteroatoms. The van der Waals surface area contributed by atoms with Crippen molar-refractivity contribution >= 4 is 5.69 Å². The third-order valence-electron chi connectivity index (χ3n) is 3.71. The smallest absolute Gasteiger partial charge is 0.120 e. The molecule has 0 saturated carbocycles. The van der Waals surface area contributed by atoms with E-state index in [1.165, 1.54) is 18.5 Å². The number of furan rings is 1. The highest BCUT2D eigenvalue weighted by atomic mass is 16.3. The fourth-order valence-corrected chi connectivity index (χ4v) is 2.41. The molecular weight excluding hydrogens is 260 g/mol. The second-order valence-corrected chi connectivity index (χ2v) is 5.37. The maximum absolute atomic E-state index is 5.43. The van der Waals surface area contributed by atoms with E-state index in [9.17, 15) is 0 Å². The van der Waals surface area contributed by atoms with Crippen LogP contribution in [0, 0.1) is 0 Å². The van der Waals surface area contributed by atoms with E-state index >= 15 is 0 Å².